The quantitative estimate of drug-likeness (QED) is 0.827. The summed E-state index contributed by atoms with van der Waals surface area (Å²) in [6, 6.07) is 5.05. The van der Waals surface area contributed by atoms with Crippen molar-refractivity contribution in [3.05, 3.63) is 18.2 Å². The molecule has 0 fully saturated rings. The van der Waals surface area contributed by atoms with Crippen molar-refractivity contribution in [2.45, 2.75) is 13.3 Å². The lowest BCUT2D eigenvalue weighted by atomic mass is 10.2. The summed E-state index contributed by atoms with van der Waals surface area (Å²) < 4.78 is 10.3. The van der Waals surface area contributed by atoms with E-state index in [0.29, 0.717) is 23.7 Å². The Balaban J connectivity index is 2.83. The third-order valence-electron chi connectivity index (χ3n) is 2.20. The Morgan fingerprint density at radius 2 is 1.82 bits per heavy atom. The zero-order valence-corrected chi connectivity index (χ0v) is 10.4. The third kappa shape index (κ3) is 3.55. The lowest BCUT2D eigenvalue weighted by Crippen LogP contribution is -2.29. The van der Waals surface area contributed by atoms with Gasteiger partial charge in [-0.15, -0.1) is 0 Å². The molecular weight excluding hydrogens is 220 g/mol. The van der Waals surface area contributed by atoms with Crippen LogP contribution in [0.5, 0.6) is 11.5 Å². The number of ether oxygens (including phenoxy) is 2. The molecule has 0 radical (unpaired) electrons. The van der Waals surface area contributed by atoms with Crippen molar-refractivity contribution in [2.24, 2.45) is 0 Å². The summed E-state index contributed by atoms with van der Waals surface area (Å²) in [4.78, 5) is 11.6. The minimum absolute atomic E-state index is 0.269. The van der Waals surface area contributed by atoms with Crippen molar-refractivity contribution in [3.8, 4) is 11.5 Å². The monoisotopic (exact) mass is 238 g/mol. The topological polar surface area (TPSA) is 59.6 Å². The van der Waals surface area contributed by atoms with Crippen LogP contribution in [0.15, 0.2) is 18.2 Å². The summed E-state index contributed by atoms with van der Waals surface area (Å²) in [5, 5.41) is 5.44. The van der Waals surface area contributed by atoms with E-state index in [2.05, 4.69) is 10.6 Å². The minimum atomic E-state index is -0.269. The highest BCUT2D eigenvalue weighted by atomic mass is 16.5. The predicted molar refractivity (Wildman–Crippen MR) is 66.9 cm³/mol. The number of amides is 2. The molecule has 0 saturated heterocycles. The van der Waals surface area contributed by atoms with Gasteiger partial charge in [-0.2, -0.15) is 0 Å². The molecule has 2 N–H and O–H groups in total. The predicted octanol–water partition coefficient (Wildman–Crippen LogP) is 2.24. The molecule has 0 aliphatic rings. The Bertz CT molecular complexity index is 358. The Morgan fingerprint density at radius 1 is 1.24 bits per heavy atom. The van der Waals surface area contributed by atoms with Gasteiger partial charge in [-0.1, -0.05) is 13.0 Å². The van der Waals surface area contributed by atoms with Crippen LogP contribution in [-0.4, -0.2) is 26.8 Å². The number of methoxy groups -OCH3 is 2. The molecule has 1 aromatic carbocycles. The SMILES string of the molecule is CCCNC(=O)Nc1c(OC)cccc1OC. The van der Waals surface area contributed by atoms with E-state index in [1.54, 1.807) is 32.4 Å². The van der Waals surface area contributed by atoms with Gasteiger partial charge in [0.2, 0.25) is 0 Å². The smallest absolute Gasteiger partial charge is 0.319 e. The minimum Gasteiger partial charge on any atom is -0.494 e. The highest BCUT2D eigenvalue weighted by molar-refractivity contribution is 5.92. The number of anilines is 1. The number of para-hydroxylation sites is 1. The summed E-state index contributed by atoms with van der Waals surface area (Å²) in [5.41, 5.74) is 0.533. The molecule has 0 aromatic heterocycles. The molecule has 0 aliphatic heterocycles. The number of rotatable bonds is 5. The highest BCUT2D eigenvalue weighted by Gasteiger charge is 2.12. The molecule has 5 heteroatoms. The first-order chi connectivity index (χ1) is 8.22. The molecule has 2 amide bonds. The molecule has 0 unspecified atom stereocenters. The van der Waals surface area contributed by atoms with Crippen LogP contribution in [0.3, 0.4) is 0 Å². The van der Waals surface area contributed by atoms with E-state index < -0.39 is 0 Å². The molecule has 0 aliphatic carbocycles. The van der Waals surface area contributed by atoms with Crippen LogP contribution in [0, 0.1) is 0 Å². The van der Waals surface area contributed by atoms with Crippen molar-refractivity contribution in [3.63, 3.8) is 0 Å². The number of carbonyl (C=O) groups is 1. The zero-order chi connectivity index (χ0) is 12.7. The number of carbonyl (C=O) groups excluding carboxylic acids is 1. The molecule has 0 saturated carbocycles. The molecule has 1 rings (SSSR count). The van der Waals surface area contributed by atoms with E-state index in [4.69, 9.17) is 9.47 Å². The van der Waals surface area contributed by atoms with Crippen LogP contribution in [-0.2, 0) is 0 Å². The van der Waals surface area contributed by atoms with Gasteiger partial charge in [0.1, 0.15) is 17.2 Å². The highest BCUT2D eigenvalue weighted by Crippen LogP contribution is 2.33. The maximum absolute atomic E-state index is 11.6. The van der Waals surface area contributed by atoms with Crippen molar-refractivity contribution in [1.82, 2.24) is 5.32 Å². The molecule has 94 valence electrons. The van der Waals surface area contributed by atoms with Gasteiger partial charge in [0.25, 0.3) is 0 Å². The van der Waals surface area contributed by atoms with Crippen molar-refractivity contribution < 1.29 is 14.3 Å². The first-order valence-electron chi connectivity index (χ1n) is 5.48. The second-order valence-electron chi connectivity index (χ2n) is 3.42. The summed E-state index contributed by atoms with van der Waals surface area (Å²) >= 11 is 0. The summed E-state index contributed by atoms with van der Waals surface area (Å²) in [7, 11) is 3.09. The van der Waals surface area contributed by atoms with E-state index in [-0.39, 0.29) is 6.03 Å². The maximum Gasteiger partial charge on any atom is 0.319 e. The second kappa shape index (κ2) is 6.62. The van der Waals surface area contributed by atoms with Crippen molar-refractivity contribution in [2.75, 3.05) is 26.1 Å². The van der Waals surface area contributed by atoms with E-state index >= 15 is 0 Å². The largest absolute Gasteiger partial charge is 0.494 e. The van der Waals surface area contributed by atoms with Crippen molar-refractivity contribution >= 4 is 11.7 Å². The Kier molecular flexibility index (Phi) is 5.13. The molecule has 0 atom stereocenters. The van der Waals surface area contributed by atoms with Crippen molar-refractivity contribution in [1.29, 1.82) is 0 Å². The number of hydrogen-bond donors (Lipinski definition) is 2. The van der Waals surface area contributed by atoms with Crippen LogP contribution in [0.4, 0.5) is 10.5 Å². The van der Waals surface area contributed by atoms with Crippen LogP contribution in [0.25, 0.3) is 0 Å². The molecule has 0 spiro atoms. The lowest BCUT2D eigenvalue weighted by molar-refractivity contribution is 0.252. The Morgan fingerprint density at radius 3 is 2.29 bits per heavy atom. The van der Waals surface area contributed by atoms with E-state index in [1.807, 2.05) is 6.92 Å². The van der Waals surface area contributed by atoms with E-state index in [9.17, 15) is 4.79 Å². The first-order valence-corrected chi connectivity index (χ1v) is 5.48. The van der Waals surface area contributed by atoms with Gasteiger partial charge >= 0.3 is 6.03 Å². The normalized spacial score (nSPS) is 9.59. The van der Waals surface area contributed by atoms with Crippen LogP contribution < -0.4 is 20.1 Å². The zero-order valence-electron chi connectivity index (χ0n) is 10.4. The molecule has 0 heterocycles. The summed E-state index contributed by atoms with van der Waals surface area (Å²) in [6.07, 6.45) is 0.885. The summed E-state index contributed by atoms with van der Waals surface area (Å²) in [6.45, 7) is 2.62. The van der Waals surface area contributed by atoms with Gasteiger partial charge in [0.05, 0.1) is 14.2 Å². The van der Waals surface area contributed by atoms with Crippen LogP contribution in [0.1, 0.15) is 13.3 Å². The van der Waals surface area contributed by atoms with E-state index in [1.165, 1.54) is 0 Å². The van der Waals surface area contributed by atoms with E-state index in [0.717, 1.165) is 6.42 Å². The Hall–Kier alpha value is -1.91. The average molecular weight is 238 g/mol. The fraction of sp³-hybridized carbons (Fsp3) is 0.417. The second-order valence-corrected chi connectivity index (χ2v) is 3.42. The number of benzene rings is 1. The number of nitrogens with one attached hydrogen (secondary N) is 2. The fourth-order valence-electron chi connectivity index (χ4n) is 1.37. The average Bonchev–Trinajstić information content (AvgIpc) is 2.36. The lowest BCUT2D eigenvalue weighted by Gasteiger charge is -2.14. The van der Waals surface area contributed by atoms with Gasteiger partial charge in [0, 0.05) is 6.54 Å². The maximum atomic E-state index is 11.6. The fourth-order valence-corrected chi connectivity index (χ4v) is 1.37. The van der Waals surface area contributed by atoms with Gasteiger partial charge < -0.3 is 20.1 Å². The van der Waals surface area contributed by atoms with Gasteiger partial charge in [-0.05, 0) is 18.6 Å². The van der Waals surface area contributed by atoms with Crippen LogP contribution in [0.2, 0.25) is 0 Å². The third-order valence-corrected chi connectivity index (χ3v) is 2.20. The molecule has 1 aromatic rings. The molecule has 0 bridgehead atoms. The van der Waals surface area contributed by atoms with Crippen LogP contribution >= 0.6 is 0 Å². The van der Waals surface area contributed by atoms with Gasteiger partial charge in [-0.25, -0.2) is 4.79 Å². The van der Waals surface area contributed by atoms with Gasteiger partial charge in [0.15, 0.2) is 0 Å². The molecule has 17 heavy (non-hydrogen) atoms. The standard InChI is InChI=1S/C12H18N2O3/c1-4-8-13-12(15)14-11-9(16-2)6-5-7-10(11)17-3/h5-7H,4,8H2,1-3H3,(H2,13,14,15). The van der Waals surface area contributed by atoms with Gasteiger partial charge in [-0.3, -0.25) is 0 Å². The number of urea groups is 1. The molecule has 5 nitrogen and oxygen atoms in total. The summed E-state index contributed by atoms with van der Waals surface area (Å²) in [5.74, 6) is 1.13. The molecular formula is C12H18N2O3. The first kappa shape index (κ1) is 13.2. The number of hydrogen-bond acceptors (Lipinski definition) is 3. The Labute approximate surface area is 101 Å².